The molecule has 13 heteroatoms. The van der Waals surface area contributed by atoms with Gasteiger partial charge in [0.2, 0.25) is 11.8 Å². The molecule has 6 aliphatic rings. The number of amides is 5. The van der Waals surface area contributed by atoms with Crippen LogP contribution in [0.4, 0.5) is 22.7 Å². The van der Waals surface area contributed by atoms with Crippen molar-refractivity contribution in [3.05, 3.63) is 94.3 Å². The molecule has 5 saturated heterocycles. The Balaban J connectivity index is 0.736. The van der Waals surface area contributed by atoms with Crippen LogP contribution in [0.5, 0.6) is 0 Å². The number of imide groups is 2. The summed E-state index contributed by atoms with van der Waals surface area (Å²) >= 11 is 0. The summed E-state index contributed by atoms with van der Waals surface area (Å²) in [4.78, 5) is 80.6. The highest BCUT2D eigenvalue weighted by atomic mass is 16.2. The molecule has 0 aliphatic carbocycles. The maximum absolute atomic E-state index is 13.6. The predicted octanol–water partition coefficient (Wildman–Crippen LogP) is 5.26. The van der Waals surface area contributed by atoms with E-state index in [1.165, 1.54) is 17.8 Å². The molecule has 2 unspecified atom stereocenters. The van der Waals surface area contributed by atoms with Crippen molar-refractivity contribution in [1.82, 2.24) is 20.0 Å². The first-order chi connectivity index (χ1) is 28.5. The fourth-order valence-corrected chi connectivity index (χ4v) is 10.6. The van der Waals surface area contributed by atoms with Crippen LogP contribution in [0.3, 0.4) is 0 Å². The van der Waals surface area contributed by atoms with Crippen LogP contribution in [-0.4, -0.2) is 121 Å². The van der Waals surface area contributed by atoms with E-state index >= 15 is 0 Å². The minimum absolute atomic E-state index is 0.0872. The van der Waals surface area contributed by atoms with Crippen molar-refractivity contribution in [1.29, 1.82) is 0 Å². The van der Waals surface area contributed by atoms with E-state index in [1.54, 1.807) is 12.1 Å². The van der Waals surface area contributed by atoms with Gasteiger partial charge in [-0.2, -0.15) is 0 Å². The molecule has 0 bridgehead atoms. The summed E-state index contributed by atoms with van der Waals surface area (Å²) in [6.07, 6.45) is 5.60. The van der Waals surface area contributed by atoms with E-state index in [9.17, 15) is 24.0 Å². The van der Waals surface area contributed by atoms with Crippen LogP contribution >= 0.6 is 0 Å². The number of nitrogens with zero attached hydrogens (tertiary/aromatic N) is 7. The second-order valence-electron chi connectivity index (χ2n) is 17.5. The van der Waals surface area contributed by atoms with Crippen LogP contribution < -0.4 is 20.0 Å². The van der Waals surface area contributed by atoms with Gasteiger partial charge in [-0.25, -0.2) is 4.85 Å². The van der Waals surface area contributed by atoms with Crippen LogP contribution in [0.2, 0.25) is 0 Å². The second-order valence-corrected chi connectivity index (χ2v) is 17.5. The normalized spacial score (nSPS) is 23.8. The number of hydrogen-bond donors (Lipinski definition) is 1. The molecule has 1 spiro atoms. The molecule has 5 fully saturated rings. The maximum atomic E-state index is 13.6. The summed E-state index contributed by atoms with van der Waals surface area (Å²) in [6, 6.07) is 19.7. The molecule has 13 nitrogen and oxygen atoms in total. The lowest BCUT2D eigenvalue weighted by atomic mass is 9.76. The molecule has 306 valence electrons. The van der Waals surface area contributed by atoms with Crippen LogP contribution in [0, 0.1) is 18.9 Å². The molecule has 6 aliphatic heterocycles. The van der Waals surface area contributed by atoms with Crippen molar-refractivity contribution in [2.24, 2.45) is 5.41 Å². The third-order valence-corrected chi connectivity index (χ3v) is 14.1. The molecule has 3 aromatic carbocycles. The Morgan fingerprint density at radius 2 is 1.42 bits per heavy atom. The van der Waals surface area contributed by atoms with Crippen molar-refractivity contribution in [2.45, 2.75) is 76.9 Å². The summed E-state index contributed by atoms with van der Waals surface area (Å²) in [5, 5.41) is 2.25. The molecule has 0 radical (unpaired) electrons. The highest BCUT2D eigenvalue weighted by Gasteiger charge is 2.46. The summed E-state index contributed by atoms with van der Waals surface area (Å²) in [6.45, 7) is 19.5. The summed E-state index contributed by atoms with van der Waals surface area (Å²) < 4.78 is 0. The van der Waals surface area contributed by atoms with Gasteiger partial charge in [0.1, 0.15) is 6.04 Å². The summed E-state index contributed by atoms with van der Waals surface area (Å²) in [5.41, 5.74) is 6.68. The number of benzene rings is 3. The average molecular weight is 797 g/mol. The van der Waals surface area contributed by atoms with Gasteiger partial charge in [-0.15, -0.1) is 0 Å². The van der Waals surface area contributed by atoms with Gasteiger partial charge in [-0.3, -0.25) is 39.1 Å². The number of carbonyl (C=O) groups is 5. The molecular weight excluding hydrogens is 745 g/mol. The number of nitrogens with one attached hydrogen (secondary N) is 1. The number of fused-ring (bicyclic) bond motifs is 1. The summed E-state index contributed by atoms with van der Waals surface area (Å²) in [5.74, 6) is -1.89. The van der Waals surface area contributed by atoms with Gasteiger partial charge in [-0.1, -0.05) is 6.07 Å². The molecule has 5 amide bonds. The van der Waals surface area contributed by atoms with Gasteiger partial charge >= 0.3 is 0 Å². The number of piperidine rings is 3. The van der Waals surface area contributed by atoms with E-state index in [-0.39, 0.29) is 18.7 Å². The number of anilines is 3. The maximum Gasteiger partial charge on any atom is 0.262 e. The Morgan fingerprint density at radius 1 is 0.763 bits per heavy atom. The first kappa shape index (κ1) is 38.8. The zero-order valence-electron chi connectivity index (χ0n) is 34.0. The fraction of sp³-hybridized carbons (Fsp3) is 0.478. The average Bonchev–Trinajstić information content (AvgIpc) is 3.71. The van der Waals surface area contributed by atoms with Crippen LogP contribution in [0.25, 0.3) is 4.85 Å². The molecule has 0 aromatic heterocycles. The third kappa shape index (κ3) is 7.22. The largest absolute Gasteiger partial charge is 0.371 e. The Bertz CT molecular complexity index is 2230. The van der Waals surface area contributed by atoms with E-state index in [0.29, 0.717) is 41.7 Å². The standard InChI is InChI=1S/C46H52N8O5/c1-30-26-36(9-11-39(30)47-3)53-29-46(28-31(53)2)16-20-50(21-17-46)33-6-4-32(5-7-33)43(57)52-24-22-51(23-25-52)34-14-18-49(19-15-34)35-8-10-37-38(27-35)45(59)54(44(37)58)40-12-13-41(55)48-42(40)56/h4-11,26-27,31,34,40H,12-25,28-29H2,1-2H3,(H,48,55,56). The Hall–Kier alpha value is -5.74. The Kier molecular flexibility index (Phi) is 10.2. The molecule has 9 rings (SSSR count). The Labute approximate surface area is 345 Å². The molecule has 6 heterocycles. The molecule has 0 saturated carbocycles. The quantitative estimate of drug-likeness (QED) is 0.263. The molecule has 59 heavy (non-hydrogen) atoms. The number of carbonyl (C=O) groups excluding carboxylic acids is 5. The van der Waals surface area contributed by atoms with Crippen molar-refractivity contribution in [3.8, 4) is 0 Å². The van der Waals surface area contributed by atoms with Crippen molar-refractivity contribution in [3.63, 3.8) is 0 Å². The second kappa shape index (κ2) is 15.5. The van der Waals surface area contributed by atoms with Crippen molar-refractivity contribution < 1.29 is 24.0 Å². The summed E-state index contributed by atoms with van der Waals surface area (Å²) in [7, 11) is 0. The minimum atomic E-state index is -0.976. The van der Waals surface area contributed by atoms with E-state index in [0.717, 1.165) is 98.9 Å². The lowest BCUT2D eigenvalue weighted by Crippen LogP contribution is -2.54. The highest BCUT2D eigenvalue weighted by Crippen LogP contribution is 2.46. The monoisotopic (exact) mass is 796 g/mol. The molecule has 2 atom stereocenters. The zero-order valence-corrected chi connectivity index (χ0v) is 34.0. The van der Waals surface area contributed by atoms with Crippen LogP contribution in [-0.2, 0) is 9.59 Å². The van der Waals surface area contributed by atoms with Gasteiger partial charge in [-0.05, 0) is 118 Å². The van der Waals surface area contributed by atoms with Crippen LogP contribution in [0.15, 0.2) is 60.7 Å². The van der Waals surface area contributed by atoms with Gasteiger partial charge in [0.05, 0.1) is 17.7 Å². The number of rotatable bonds is 6. The van der Waals surface area contributed by atoms with E-state index in [4.69, 9.17) is 6.57 Å². The lowest BCUT2D eigenvalue weighted by molar-refractivity contribution is -0.136. The minimum Gasteiger partial charge on any atom is -0.371 e. The zero-order chi connectivity index (χ0) is 41.0. The van der Waals surface area contributed by atoms with E-state index < -0.39 is 29.7 Å². The van der Waals surface area contributed by atoms with Crippen molar-refractivity contribution >= 4 is 52.3 Å². The van der Waals surface area contributed by atoms with E-state index in [2.05, 4.69) is 61.0 Å². The number of hydrogen-bond acceptors (Lipinski definition) is 9. The molecule has 1 N–H and O–H groups in total. The number of piperazine rings is 1. The van der Waals surface area contributed by atoms with E-state index in [1.807, 2.05) is 36.1 Å². The van der Waals surface area contributed by atoms with Gasteiger partial charge in [0, 0.05) is 100 Å². The van der Waals surface area contributed by atoms with Crippen LogP contribution in [0.1, 0.15) is 88.5 Å². The third-order valence-electron chi connectivity index (χ3n) is 14.1. The highest BCUT2D eigenvalue weighted by molar-refractivity contribution is 6.23. The first-order valence-corrected chi connectivity index (χ1v) is 21.2. The molecule has 3 aromatic rings. The van der Waals surface area contributed by atoms with Gasteiger partial charge in [0.15, 0.2) is 5.69 Å². The predicted molar refractivity (Wildman–Crippen MR) is 225 cm³/mol. The SMILES string of the molecule is [C-]#[N+]c1ccc(N2CC3(CCN(c4ccc(C(=O)N5CCN(C6CCN(c7ccc8c(c7)C(=O)N(C7CCC(=O)NC7=O)C8=O)CC6)CC5)cc4)CC3)CC2C)cc1C. The molecular formula is C46H52N8O5. The fourth-order valence-electron chi connectivity index (χ4n) is 10.6. The smallest absolute Gasteiger partial charge is 0.262 e. The first-order valence-electron chi connectivity index (χ1n) is 21.2. The number of aryl methyl sites for hydroxylation is 1. The topological polar surface area (TPSA) is 121 Å². The van der Waals surface area contributed by atoms with Crippen molar-refractivity contribution in [2.75, 3.05) is 73.6 Å². The van der Waals surface area contributed by atoms with Gasteiger partial charge in [0.25, 0.3) is 17.7 Å². The Morgan fingerprint density at radius 3 is 2.10 bits per heavy atom. The van der Waals surface area contributed by atoms with Gasteiger partial charge < -0.3 is 19.6 Å². The lowest BCUT2D eigenvalue weighted by Gasteiger charge is -2.43.